The second-order valence-corrected chi connectivity index (χ2v) is 5.05. The van der Waals surface area contributed by atoms with Gasteiger partial charge in [0.05, 0.1) is 0 Å². The second kappa shape index (κ2) is 8.97. The van der Waals surface area contributed by atoms with Crippen molar-refractivity contribution in [2.24, 2.45) is 0 Å². The van der Waals surface area contributed by atoms with Crippen LogP contribution in [0.4, 0.5) is 13.2 Å². The highest BCUT2D eigenvalue weighted by Gasteiger charge is 2.25. The zero-order chi connectivity index (χ0) is 14.8. The van der Waals surface area contributed by atoms with E-state index in [2.05, 4.69) is 29.4 Å². The molecule has 0 saturated heterocycles. The second-order valence-electron chi connectivity index (χ2n) is 5.05. The van der Waals surface area contributed by atoms with E-state index in [1.165, 1.54) is 5.56 Å². The Kier molecular flexibility index (Phi) is 7.62. The fourth-order valence-corrected chi connectivity index (χ4v) is 1.99. The molecule has 1 N–H and O–H groups in total. The van der Waals surface area contributed by atoms with Crippen LogP contribution in [0.5, 0.6) is 0 Å². The van der Waals surface area contributed by atoms with Gasteiger partial charge in [0.15, 0.2) is 0 Å². The van der Waals surface area contributed by atoms with Crippen LogP contribution in [0.2, 0.25) is 0 Å². The van der Waals surface area contributed by atoms with Gasteiger partial charge in [0, 0.05) is 13.0 Å². The van der Waals surface area contributed by atoms with Crippen LogP contribution in [0.15, 0.2) is 30.3 Å². The molecule has 0 bridgehead atoms. The molecule has 0 heterocycles. The average molecular weight is 288 g/mol. The summed E-state index contributed by atoms with van der Waals surface area (Å²) in [6.45, 7) is 3.02. The largest absolute Gasteiger partial charge is 0.389 e. The summed E-state index contributed by atoms with van der Waals surface area (Å²) in [4.78, 5) is 2.22. The molecule has 5 heteroatoms. The summed E-state index contributed by atoms with van der Waals surface area (Å²) in [6, 6.07) is 10.2. The maximum absolute atomic E-state index is 11.9. The Morgan fingerprint density at radius 2 is 1.70 bits per heavy atom. The third-order valence-electron chi connectivity index (χ3n) is 3.00. The van der Waals surface area contributed by atoms with Gasteiger partial charge in [-0.05, 0) is 45.1 Å². The molecule has 20 heavy (non-hydrogen) atoms. The molecule has 0 radical (unpaired) electrons. The van der Waals surface area contributed by atoms with Gasteiger partial charge in [-0.15, -0.1) is 0 Å². The predicted octanol–water partition coefficient (Wildman–Crippen LogP) is 3.44. The Bertz CT molecular complexity index is 352. The number of halogens is 3. The Balaban J connectivity index is 1.98. The monoisotopic (exact) mass is 288 g/mol. The summed E-state index contributed by atoms with van der Waals surface area (Å²) in [5, 5.41) is 3.05. The highest BCUT2D eigenvalue weighted by molar-refractivity contribution is 5.14. The first-order valence-corrected chi connectivity index (χ1v) is 6.97. The van der Waals surface area contributed by atoms with E-state index in [-0.39, 0.29) is 6.42 Å². The molecule has 0 aliphatic rings. The summed E-state index contributed by atoms with van der Waals surface area (Å²) in [5.74, 6) is 0. The van der Waals surface area contributed by atoms with Crippen LogP contribution < -0.4 is 5.32 Å². The minimum Gasteiger partial charge on any atom is -0.317 e. The molecule has 1 aromatic carbocycles. The van der Waals surface area contributed by atoms with Crippen molar-refractivity contribution < 1.29 is 13.2 Å². The first-order valence-electron chi connectivity index (χ1n) is 6.97. The zero-order valence-corrected chi connectivity index (χ0v) is 11.9. The van der Waals surface area contributed by atoms with Gasteiger partial charge in [0.2, 0.25) is 0 Å². The Labute approximate surface area is 119 Å². The van der Waals surface area contributed by atoms with Gasteiger partial charge >= 0.3 is 6.18 Å². The fraction of sp³-hybridized carbons (Fsp3) is 0.600. The molecule has 0 saturated carbocycles. The summed E-state index contributed by atoms with van der Waals surface area (Å²) in [6.07, 6.45) is -3.63. The van der Waals surface area contributed by atoms with E-state index in [0.29, 0.717) is 6.54 Å². The maximum atomic E-state index is 11.9. The van der Waals surface area contributed by atoms with E-state index >= 15 is 0 Å². The summed E-state index contributed by atoms with van der Waals surface area (Å²) >= 11 is 0. The maximum Gasteiger partial charge on any atom is 0.389 e. The quantitative estimate of drug-likeness (QED) is 0.700. The highest BCUT2D eigenvalue weighted by atomic mass is 19.4. The van der Waals surface area contributed by atoms with Gasteiger partial charge in [-0.2, -0.15) is 13.2 Å². The van der Waals surface area contributed by atoms with Crippen molar-refractivity contribution in [2.75, 3.05) is 26.7 Å². The zero-order valence-electron chi connectivity index (χ0n) is 11.9. The predicted molar refractivity (Wildman–Crippen MR) is 75.6 cm³/mol. The van der Waals surface area contributed by atoms with Crippen LogP contribution in [-0.2, 0) is 6.54 Å². The van der Waals surface area contributed by atoms with Gasteiger partial charge in [-0.25, -0.2) is 0 Å². The number of benzene rings is 1. The Morgan fingerprint density at radius 3 is 2.35 bits per heavy atom. The molecular formula is C15H23F3N2. The van der Waals surface area contributed by atoms with Crippen LogP contribution in [0, 0.1) is 0 Å². The SMILES string of the molecule is CN(CCCNCCCC(F)(F)F)Cc1ccccc1. The van der Waals surface area contributed by atoms with Crippen molar-refractivity contribution in [3.8, 4) is 0 Å². The van der Waals surface area contributed by atoms with Gasteiger partial charge < -0.3 is 10.2 Å². The van der Waals surface area contributed by atoms with E-state index in [0.717, 1.165) is 26.1 Å². The van der Waals surface area contributed by atoms with E-state index in [9.17, 15) is 13.2 Å². The van der Waals surface area contributed by atoms with Gasteiger partial charge in [0.1, 0.15) is 0 Å². The lowest BCUT2D eigenvalue weighted by atomic mass is 10.2. The summed E-state index contributed by atoms with van der Waals surface area (Å²) in [7, 11) is 2.05. The molecule has 0 spiro atoms. The van der Waals surface area contributed by atoms with Crippen molar-refractivity contribution in [3.63, 3.8) is 0 Å². The molecular weight excluding hydrogens is 265 g/mol. The van der Waals surface area contributed by atoms with Crippen molar-refractivity contribution in [1.82, 2.24) is 10.2 Å². The standard InChI is InChI=1S/C15H23F3N2/c1-20(13-14-7-3-2-4-8-14)12-6-11-19-10-5-9-15(16,17)18/h2-4,7-8,19H,5-6,9-13H2,1H3. The third kappa shape index (κ3) is 8.93. The lowest BCUT2D eigenvalue weighted by Crippen LogP contribution is -2.25. The minimum atomic E-state index is -4.03. The van der Waals surface area contributed by atoms with E-state index in [1.54, 1.807) is 0 Å². The highest BCUT2D eigenvalue weighted by Crippen LogP contribution is 2.20. The van der Waals surface area contributed by atoms with E-state index in [4.69, 9.17) is 0 Å². The van der Waals surface area contributed by atoms with Crippen molar-refractivity contribution in [2.45, 2.75) is 32.0 Å². The average Bonchev–Trinajstić information content (AvgIpc) is 2.37. The molecule has 1 aromatic rings. The molecule has 1 rings (SSSR count). The smallest absolute Gasteiger partial charge is 0.317 e. The van der Waals surface area contributed by atoms with Crippen LogP contribution in [0.1, 0.15) is 24.8 Å². The first kappa shape index (κ1) is 17.0. The van der Waals surface area contributed by atoms with Crippen LogP contribution in [-0.4, -0.2) is 37.8 Å². The number of rotatable bonds is 9. The minimum absolute atomic E-state index is 0.156. The fourth-order valence-electron chi connectivity index (χ4n) is 1.99. The number of nitrogens with one attached hydrogen (secondary N) is 1. The molecule has 0 unspecified atom stereocenters. The summed E-state index contributed by atoms with van der Waals surface area (Å²) < 4.78 is 35.7. The van der Waals surface area contributed by atoms with Gasteiger partial charge in [-0.3, -0.25) is 0 Å². The van der Waals surface area contributed by atoms with E-state index in [1.807, 2.05) is 18.2 Å². The van der Waals surface area contributed by atoms with Crippen molar-refractivity contribution in [1.29, 1.82) is 0 Å². The van der Waals surface area contributed by atoms with Gasteiger partial charge in [0.25, 0.3) is 0 Å². The molecule has 0 aliphatic heterocycles. The third-order valence-corrected chi connectivity index (χ3v) is 3.00. The molecule has 0 aromatic heterocycles. The van der Waals surface area contributed by atoms with Crippen molar-refractivity contribution >= 4 is 0 Å². The first-order chi connectivity index (χ1) is 9.47. The molecule has 0 amide bonds. The molecule has 0 atom stereocenters. The summed E-state index contributed by atoms with van der Waals surface area (Å²) in [5.41, 5.74) is 1.27. The molecule has 2 nitrogen and oxygen atoms in total. The normalized spacial score (nSPS) is 12.1. The molecule has 114 valence electrons. The molecule has 0 aliphatic carbocycles. The van der Waals surface area contributed by atoms with Gasteiger partial charge in [-0.1, -0.05) is 30.3 Å². The number of alkyl halides is 3. The Morgan fingerprint density at radius 1 is 1.05 bits per heavy atom. The Hall–Kier alpha value is -1.07. The number of hydrogen-bond acceptors (Lipinski definition) is 2. The molecule has 0 fully saturated rings. The van der Waals surface area contributed by atoms with E-state index < -0.39 is 12.6 Å². The topological polar surface area (TPSA) is 15.3 Å². The van der Waals surface area contributed by atoms with Crippen molar-refractivity contribution in [3.05, 3.63) is 35.9 Å². The van der Waals surface area contributed by atoms with Crippen LogP contribution in [0.25, 0.3) is 0 Å². The van der Waals surface area contributed by atoms with Crippen LogP contribution >= 0.6 is 0 Å². The number of hydrogen-bond donors (Lipinski definition) is 1. The lowest BCUT2D eigenvalue weighted by molar-refractivity contribution is -0.135. The number of nitrogens with zero attached hydrogens (tertiary/aromatic N) is 1. The van der Waals surface area contributed by atoms with Crippen LogP contribution in [0.3, 0.4) is 0 Å². The lowest BCUT2D eigenvalue weighted by Gasteiger charge is -2.16.